The van der Waals surface area contributed by atoms with Gasteiger partial charge in [0.2, 0.25) is 0 Å². The summed E-state index contributed by atoms with van der Waals surface area (Å²) in [6, 6.07) is 0. The van der Waals surface area contributed by atoms with Gasteiger partial charge < -0.3 is 9.47 Å². The van der Waals surface area contributed by atoms with E-state index in [0.29, 0.717) is 0 Å². The molecule has 0 aliphatic heterocycles. The largest absolute Gasteiger partial charge is 0.353 e. The number of ether oxygens (including phenoxy) is 2. The highest BCUT2D eigenvalue weighted by Crippen LogP contribution is 2.15. The van der Waals surface area contributed by atoms with Gasteiger partial charge in [0.1, 0.15) is 0 Å². The van der Waals surface area contributed by atoms with E-state index in [-0.39, 0.29) is 6.29 Å². The summed E-state index contributed by atoms with van der Waals surface area (Å²) in [5.74, 6) is 0. The Labute approximate surface area is 254 Å². The molecule has 2 heteroatoms. The van der Waals surface area contributed by atoms with Crippen molar-refractivity contribution < 1.29 is 9.47 Å². The summed E-state index contributed by atoms with van der Waals surface area (Å²) in [6.07, 6.45) is 45.2. The second-order valence-corrected chi connectivity index (χ2v) is 12.9. The van der Waals surface area contributed by atoms with Gasteiger partial charge in [0.05, 0.1) is 0 Å². The first-order valence-electron chi connectivity index (χ1n) is 19.0. The summed E-state index contributed by atoms with van der Waals surface area (Å²) < 4.78 is 11.7. The van der Waals surface area contributed by atoms with Crippen molar-refractivity contribution in [3.8, 4) is 0 Å². The molecular formula is C38H78O2. The van der Waals surface area contributed by atoms with Crippen molar-refractivity contribution in [2.45, 2.75) is 233 Å². The van der Waals surface area contributed by atoms with Crippen LogP contribution in [0.1, 0.15) is 226 Å². The molecule has 0 aliphatic carbocycles. The van der Waals surface area contributed by atoms with E-state index in [2.05, 4.69) is 20.8 Å². The molecule has 0 heterocycles. The van der Waals surface area contributed by atoms with Crippen molar-refractivity contribution in [1.29, 1.82) is 0 Å². The van der Waals surface area contributed by atoms with Gasteiger partial charge in [0.15, 0.2) is 6.29 Å². The summed E-state index contributed by atoms with van der Waals surface area (Å²) in [7, 11) is 0. The minimum atomic E-state index is -0.0346. The third-order valence-electron chi connectivity index (χ3n) is 8.70. The standard InChI is InChI=1S/C38H78O2/c1-4-6-8-10-12-14-16-18-20-22-24-26-28-30-32-34-36-39-38(3)40-37-35-33-31-29-27-25-23-21-19-17-15-13-11-9-7-5-2/h38H,4-37H2,1-3H3. The van der Waals surface area contributed by atoms with Crippen LogP contribution in [0.25, 0.3) is 0 Å². The van der Waals surface area contributed by atoms with E-state index in [1.807, 2.05) is 0 Å². The zero-order chi connectivity index (χ0) is 29.0. The Morgan fingerprint density at radius 1 is 0.275 bits per heavy atom. The smallest absolute Gasteiger partial charge is 0.154 e. The predicted octanol–water partition coefficient (Wildman–Crippen LogP) is 13.9. The molecule has 2 nitrogen and oxygen atoms in total. The molecule has 0 radical (unpaired) electrons. The first kappa shape index (κ1) is 39.9. The first-order chi connectivity index (χ1) is 19.8. The van der Waals surface area contributed by atoms with Gasteiger partial charge in [0, 0.05) is 13.2 Å². The van der Waals surface area contributed by atoms with Gasteiger partial charge in [-0.2, -0.15) is 0 Å². The van der Waals surface area contributed by atoms with Crippen molar-refractivity contribution in [3.63, 3.8) is 0 Å². The lowest BCUT2D eigenvalue weighted by molar-refractivity contribution is -0.131. The van der Waals surface area contributed by atoms with Gasteiger partial charge in [0.25, 0.3) is 0 Å². The molecule has 0 bridgehead atoms. The fourth-order valence-corrected chi connectivity index (χ4v) is 5.85. The summed E-state index contributed by atoms with van der Waals surface area (Å²) in [4.78, 5) is 0. The van der Waals surface area contributed by atoms with Crippen molar-refractivity contribution in [3.05, 3.63) is 0 Å². The van der Waals surface area contributed by atoms with Crippen molar-refractivity contribution >= 4 is 0 Å². The van der Waals surface area contributed by atoms with Gasteiger partial charge >= 0.3 is 0 Å². The van der Waals surface area contributed by atoms with Crippen LogP contribution in [-0.2, 0) is 9.47 Å². The van der Waals surface area contributed by atoms with E-state index in [1.54, 1.807) is 0 Å². The predicted molar refractivity (Wildman–Crippen MR) is 180 cm³/mol. The number of rotatable bonds is 36. The van der Waals surface area contributed by atoms with Gasteiger partial charge in [-0.15, -0.1) is 0 Å². The molecule has 40 heavy (non-hydrogen) atoms. The Bertz CT molecular complexity index is 386. The van der Waals surface area contributed by atoms with Crippen molar-refractivity contribution in [2.24, 2.45) is 0 Å². The van der Waals surface area contributed by atoms with Gasteiger partial charge in [-0.1, -0.05) is 206 Å². The highest BCUT2D eigenvalue weighted by atomic mass is 16.7. The van der Waals surface area contributed by atoms with E-state index in [9.17, 15) is 0 Å². The van der Waals surface area contributed by atoms with Crippen LogP contribution in [0.2, 0.25) is 0 Å². The lowest BCUT2D eigenvalue weighted by atomic mass is 10.0. The fourth-order valence-electron chi connectivity index (χ4n) is 5.85. The Hall–Kier alpha value is -0.0800. The number of hydrogen-bond acceptors (Lipinski definition) is 2. The highest BCUT2D eigenvalue weighted by Gasteiger charge is 2.02. The molecule has 0 atom stereocenters. The Kier molecular flexibility index (Phi) is 36.9. The van der Waals surface area contributed by atoms with E-state index < -0.39 is 0 Å². The maximum Gasteiger partial charge on any atom is 0.154 e. The van der Waals surface area contributed by atoms with Crippen LogP contribution in [0.5, 0.6) is 0 Å². The SMILES string of the molecule is CCCCCCCCCCCCCCCCCCOC(C)OCCCCCCCCCCCCCCCCCC. The normalized spacial score (nSPS) is 11.7. The van der Waals surface area contributed by atoms with E-state index in [1.165, 1.54) is 205 Å². The third kappa shape index (κ3) is 35.9. The van der Waals surface area contributed by atoms with Crippen LogP contribution in [0.15, 0.2) is 0 Å². The fraction of sp³-hybridized carbons (Fsp3) is 1.00. The molecule has 0 amide bonds. The van der Waals surface area contributed by atoms with Crippen LogP contribution in [0.3, 0.4) is 0 Å². The lowest BCUT2D eigenvalue weighted by Crippen LogP contribution is -2.14. The van der Waals surface area contributed by atoms with Crippen LogP contribution in [-0.4, -0.2) is 19.5 Å². The van der Waals surface area contributed by atoms with Crippen LogP contribution in [0.4, 0.5) is 0 Å². The molecule has 0 aliphatic rings. The minimum absolute atomic E-state index is 0.0346. The molecule has 0 aromatic heterocycles. The van der Waals surface area contributed by atoms with Crippen LogP contribution in [0, 0.1) is 0 Å². The molecule has 0 fully saturated rings. The van der Waals surface area contributed by atoms with Gasteiger partial charge in [-0.05, 0) is 19.8 Å². The highest BCUT2D eigenvalue weighted by molar-refractivity contribution is 4.52. The van der Waals surface area contributed by atoms with Gasteiger partial charge in [-0.25, -0.2) is 0 Å². The van der Waals surface area contributed by atoms with Gasteiger partial charge in [-0.3, -0.25) is 0 Å². The van der Waals surface area contributed by atoms with E-state index in [4.69, 9.17) is 9.47 Å². The average Bonchev–Trinajstić information content (AvgIpc) is 2.96. The number of hydrogen-bond donors (Lipinski definition) is 0. The lowest BCUT2D eigenvalue weighted by Gasteiger charge is -2.14. The van der Waals surface area contributed by atoms with E-state index in [0.717, 1.165) is 13.2 Å². The molecule has 0 saturated carbocycles. The Morgan fingerprint density at radius 3 is 0.650 bits per heavy atom. The first-order valence-corrected chi connectivity index (χ1v) is 19.0. The van der Waals surface area contributed by atoms with Crippen LogP contribution < -0.4 is 0 Å². The molecule has 0 N–H and O–H groups in total. The molecule has 0 rings (SSSR count). The molecule has 0 aromatic rings. The molecule has 0 saturated heterocycles. The zero-order valence-electron chi connectivity index (χ0n) is 28.4. The van der Waals surface area contributed by atoms with Crippen LogP contribution >= 0.6 is 0 Å². The molecular weight excluding hydrogens is 488 g/mol. The second-order valence-electron chi connectivity index (χ2n) is 12.9. The zero-order valence-corrected chi connectivity index (χ0v) is 28.4. The maximum atomic E-state index is 5.87. The summed E-state index contributed by atoms with van der Waals surface area (Å²) in [5.41, 5.74) is 0. The second kappa shape index (κ2) is 36.9. The topological polar surface area (TPSA) is 18.5 Å². The molecule has 0 aromatic carbocycles. The third-order valence-corrected chi connectivity index (χ3v) is 8.70. The quantitative estimate of drug-likeness (QED) is 0.0554. The summed E-state index contributed by atoms with van der Waals surface area (Å²) >= 11 is 0. The molecule has 242 valence electrons. The minimum Gasteiger partial charge on any atom is -0.353 e. The maximum absolute atomic E-state index is 5.87. The summed E-state index contributed by atoms with van der Waals surface area (Å²) in [6.45, 7) is 8.39. The molecule has 0 unspecified atom stereocenters. The Balaban J connectivity index is 3.13. The Morgan fingerprint density at radius 2 is 0.450 bits per heavy atom. The number of unbranched alkanes of at least 4 members (excludes halogenated alkanes) is 30. The van der Waals surface area contributed by atoms with Crippen molar-refractivity contribution in [1.82, 2.24) is 0 Å². The average molecular weight is 567 g/mol. The summed E-state index contributed by atoms with van der Waals surface area (Å²) in [5, 5.41) is 0. The van der Waals surface area contributed by atoms with Crippen molar-refractivity contribution in [2.75, 3.05) is 13.2 Å². The molecule has 0 spiro atoms. The van der Waals surface area contributed by atoms with E-state index >= 15 is 0 Å². The monoisotopic (exact) mass is 567 g/mol.